The average Bonchev–Trinajstić information content (AvgIpc) is 2.86. The fourth-order valence-electron chi connectivity index (χ4n) is 1.92. The standard InChI is InChI=1S/C14H20N4O/c1-3-15-11(2)7-8-14-17-13(18-19-14)10-12-6-4-5-9-16-12/h4-6,9,11,15H,3,7-8,10H2,1-2H3. The Bertz CT molecular complexity index is 483. The first-order valence-corrected chi connectivity index (χ1v) is 6.72. The zero-order valence-electron chi connectivity index (χ0n) is 11.5. The van der Waals surface area contributed by atoms with Crippen LogP contribution in [0.3, 0.4) is 0 Å². The van der Waals surface area contributed by atoms with E-state index in [1.54, 1.807) is 6.20 Å². The highest BCUT2D eigenvalue weighted by molar-refractivity contribution is 5.09. The second-order valence-corrected chi connectivity index (χ2v) is 4.60. The topological polar surface area (TPSA) is 63.8 Å². The Morgan fingerprint density at radius 1 is 1.37 bits per heavy atom. The molecule has 0 amide bonds. The number of pyridine rings is 1. The minimum atomic E-state index is 0.469. The van der Waals surface area contributed by atoms with Crippen molar-refractivity contribution >= 4 is 0 Å². The van der Waals surface area contributed by atoms with Gasteiger partial charge in [0.15, 0.2) is 5.82 Å². The molecule has 0 saturated heterocycles. The van der Waals surface area contributed by atoms with Gasteiger partial charge >= 0.3 is 0 Å². The molecule has 5 heteroatoms. The fourth-order valence-corrected chi connectivity index (χ4v) is 1.92. The van der Waals surface area contributed by atoms with Crippen LogP contribution in [0.4, 0.5) is 0 Å². The predicted octanol–water partition coefficient (Wildman–Crippen LogP) is 1.99. The van der Waals surface area contributed by atoms with Crippen LogP contribution in [-0.4, -0.2) is 27.7 Å². The van der Waals surface area contributed by atoms with E-state index in [1.165, 1.54) is 0 Å². The van der Waals surface area contributed by atoms with Crippen molar-refractivity contribution in [3.05, 3.63) is 41.8 Å². The molecule has 2 aromatic rings. The van der Waals surface area contributed by atoms with Crippen molar-refractivity contribution in [3.8, 4) is 0 Å². The molecule has 0 aliphatic rings. The van der Waals surface area contributed by atoms with E-state index >= 15 is 0 Å². The molecule has 2 heterocycles. The van der Waals surface area contributed by atoms with Crippen molar-refractivity contribution in [2.24, 2.45) is 0 Å². The van der Waals surface area contributed by atoms with E-state index in [-0.39, 0.29) is 0 Å². The molecule has 0 radical (unpaired) electrons. The van der Waals surface area contributed by atoms with Crippen molar-refractivity contribution < 1.29 is 4.52 Å². The van der Waals surface area contributed by atoms with E-state index in [2.05, 4.69) is 34.3 Å². The minimum absolute atomic E-state index is 0.469. The van der Waals surface area contributed by atoms with E-state index in [1.807, 2.05) is 18.2 Å². The van der Waals surface area contributed by atoms with Gasteiger partial charge in [0.1, 0.15) is 0 Å². The lowest BCUT2D eigenvalue weighted by Gasteiger charge is -2.09. The predicted molar refractivity (Wildman–Crippen MR) is 72.8 cm³/mol. The van der Waals surface area contributed by atoms with Crippen LogP contribution >= 0.6 is 0 Å². The summed E-state index contributed by atoms with van der Waals surface area (Å²) in [5.41, 5.74) is 0.955. The smallest absolute Gasteiger partial charge is 0.226 e. The summed E-state index contributed by atoms with van der Waals surface area (Å²) in [5.74, 6) is 1.40. The average molecular weight is 260 g/mol. The molecule has 0 aromatic carbocycles. The molecule has 1 atom stereocenters. The van der Waals surface area contributed by atoms with E-state index in [0.29, 0.717) is 24.2 Å². The van der Waals surface area contributed by atoms with Crippen LogP contribution < -0.4 is 5.32 Å². The van der Waals surface area contributed by atoms with Gasteiger partial charge in [-0.2, -0.15) is 4.98 Å². The van der Waals surface area contributed by atoms with Gasteiger partial charge in [0.05, 0.1) is 6.42 Å². The highest BCUT2D eigenvalue weighted by Gasteiger charge is 2.09. The third-order valence-corrected chi connectivity index (χ3v) is 2.92. The lowest BCUT2D eigenvalue weighted by Crippen LogP contribution is -2.25. The number of hydrogen-bond acceptors (Lipinski definition) is 5. The van der Waals surface area contributed by atoms with Crippen molar-refractivity contribution in [1.82, 2.24) is 20.4 Å². The highest BCUT2D eigenvalue weighted by Crippen LogP contribution is 2.06. The van der Waals surface area contributed by atoms with Gasteiger partial charge in [-0.25, -0.2) is 0 Å². The molecule has 1 N–H and O–H groups in total. The molecule has 0 saturated carbocycles. The summed E-state index contributed by atoms with van der Waals surface area (Å²) in [6.45, 7) is 5.25. The molecule has 19 heavy (non-hydrogen) atoms. The second-order valence-electron chi connectivity index (χ2n) is 4.60. The first kappa shape index (κ1) is 13.7. The number of aromatic nitrogens is 3. The molecule has 0 bridgehead atoms. The number of nitrogens with one attached hydrogen (secondary N) is 1. The largest absolute Gasteiger partial charge is 0.339 e. The lowest BCUT2D eigenvalue weighted by atomic mass is 10.2. The normalized spacial score (nSPS) is 12.5. The maximum atomic E-state index is 5.25. The fraction of sp³-hybridized carbons (Fsp3) is 0.500. The van der Waals surface area contributed by atoms with Crippen LogP contribution in [0.2, 0.25) is 0 Å². The van der Waals surface area contributed by atoms with Gasteiger partial charge in [-0.15, -0.1) is 0 Å². The Labute approximate surface area is 113 Å². The lowest BCUT2D eigenvalue weighted by molar-refractivity contribution is 0.363. The quantitative estimate of drug-likeness (QED) is 0.824. The summed E-state index contributed by atoms with van der Waals surface area (Å²) in [7, 11) is 0. The first-order chi connectivity index (χ1) is 9.28. The second kappa shape index (κ2) is 6.99. The molecular formula is C14H20N4O. The van der Waals surface area contributed by atoms with Crippen molar-refractivity contribution in [2.45, 2.75) is 39.2 Å². The van der Waals surface area contributed by atoms with Gasteiger partial charge in [0, 0.05) is 24.4 Å². The molecule has 5 nitrogen and oxygen atoms in total. The Balaban J connectivity index is 1.85. The van der Waals surface area contributed by atoms with Gasteiger partial charge in [-0.1, -0.05) is 18.1 Å². The third-order valence-electron chi connectivity index (χ3n) is 2.92. The Kier molecular flexibility index (Phi) is 5.03. The summed E-state index contributed by atoms with van der Waals surface area (Å²) in [5, 5.41) is 7.35. The molecule has 0 spiro atoms. The zero-order valence-corrected chi connectivity index (χ0v) is 11.5. The zero-order chi connectivity index (χ0) is 13.5. The SMILES string of the molecule is CCNC(C)CCc1nc(Cc2ccccn2)no1. The van der Waals surface area contributed by atoms with Crippen molar-refractivity contribution in [1.29, 1.82) is 0 Å². The van der Waals surface area contributed by atoms with E-state index in [9.17, 15) is 0 Å². The van der Waals surface area contributed by atoms with Gasteiger partial charge in [0.25, 0.3) is 0 Å². The molecule has 2 rings (SSSR count). The van der Waals surface area contributed by atoms with Gasteiger partial charge < -0.3 is 9.84 Å². The van der Waals surface area contributed by atoms with Gasteiger partial charge in [-0.05, 0) is 32.0 Å². The van der Waals surface area contributed by atoms with Gasteiger partial charge in [0.2, 0.25) is 5.89 Å². The Hall–Kier alpha value is -1.75. The molecule has 1 unspecified atom stereocenters. The van der Waals surface area contributed by atoms with Crippen LogP contribution in [0, 0.1) is 0 Å². The van der Waals surface area contributed by atoms with Crippen molar-refractivity contribution in [3.63, 3.8) is 0 Å². The summed E-state index contributed by atoms with van der Waals surface area (Å²) < 4.78 is 5.25. The molecule has 102 valence electrons. The van der Waals surface area contributed by atoms with Crippen LogP contribution in [0.1, 0.15) is 37.7 Å². The number of nitrogens with zero attached hydrogens (tertiary/aromatic N) is 3. The Morgan fingerprint density at radius 3 is 3.00 bits per heavy atom. The minimum Gasteiger partial charge on any atom is -0.339 e. The van der Waals surface area contributed by atoms with E-state index in [0.717, 1.165) is 25.1 Å². The molecule has 0 aliphatic heterocycles. The molecule has 0 fully saturated rings. The van der Waals surface area contributed by atoms with Crippen LogP contribution in [0.15, 0.2) is 28.9 Å². The van der Waals surface area contributed by atoms with Crippen LogP contribution in [0.5, 0.6) is 0 Å². The maximum absolute atomic E-state index is 5.25. The summed E-state index contributed by atoms with van der Waals surface area (Å²) in [4.78, 5) is 8.64. The number of hydrogen-bond donors (Lipinski definition) is 1. The summed E-state index contributed by atoms with van der Waals surface area (Å²) in [6.07, 6.45) is 4.20. The highest BCUT2D eigenvalue weighted by atomic mass is 16.5. The van der Waals surface area contributed by atoms with Gasteiger partial charge in [-0.3, -0.25) is 4.98 Å². The van der Waals surface area contributed by atoms with Crippen LogP contribution in [-0.2, 0) is 12.8 Å². The monoisotopic (exact) mass is 260 g/mol. The first-order valence-electron chi connectivity index (χ1n) is 6.72. The van der Waals surface area contributed by atoms with E-state index in [4.69, 9.17) is 4.52 Å². The van der Waals surface area contributed by atoms with E-state index < -0.39 is 0 Å². The molecule has 2 aromatic heterocycles. The third kappa shape index (κ3) is 4.44. The summed E-state index contributed by atoms with van der Waals surface area (Å²) >= 11 is 0. The Morgan fingerprint density at radius 2 is 2.26 bits per heavy atom. The maximum Gasteiger partial charge on any atom is 0.226 e. The van der Waals surface area contributed by atoms with Crippen molar-refractivity contribution in [2.75, 3.05) is 6.54 Å². The molecular weight excluding hydrogens is 240 g/mol. The summed E-state index contributed by atoms with van der Waals surface area (Å²) in [6, 6.07) is 6.29. The molecule has 0 aliphatic carbocycles. The van der Waals surface area contributed by atoms with Crippen LogP contribution in [0.25, 0.3) is 0 Å². The number of aryl methyl sites for hydroxylation is 1. The number of rotatable bonds is 7.